The average Bonchev–Trinajstić information content (AvgIpc) is 3.09. The Kier molecular flexibility index (Phi) is 5.80. The number of β-amino-alcohol motifs (C(OH)–C–C–N with tert-alkyl or cyclic N) is 1. The van der Waals surface area contributed by atoms with Crippen LogP contribution in [-0.2, 0) is 6.54 Å². The van der Waals surface area contributed by atoms with E-state index in [2.05, 4.69) is 44.8 Å². The van der Waals surface area contributed by atoms with Crippen molar-refractivity contribution >= 4 is 5.82 Å². The van der Waals surface area contributed by atoms with Crippen LogP contribution in [0.5, 0.6) is 5.75 Å². The highest BCUT2D eigenvalue weighted by Gasteiger charge is 2.36. The summed E-state index contributed by atoms with van der Waals surface area (Å²) in [4.78, 5) is 11.6. The smallest absolute Gasteiger partial charge is 0.128 e. The quantitative estimate of drug-likeness (QED) is 0.851. The van der Waals surface area contributed by atoms with Crippen LogP contribution in [-0.4, -0.2) is 78.4 Å². The van der Waals surface area contributed by atoms with Gasteiger partial charge in [-0.05, 0) is 36.2 Å². The first-order valence-corrected chi connectivity index (χ1v) is 10.1. The molecule has 0 amide bonds. The normalized spacial score (nSPS) is 23.9. The van der Waals surface area contributed by atoms with E-state index in [1.165, 1.54) is 5.56 Å². The van der Waals surface area contributed by atoms with E-state index in [4.69, 9.17) is 4.74 Å². The summed E-state index contributed by atoms with van der Waals surface area (Å²) in [6, 6.07) is 12.6. The predicted molar refractivity (Wildman–Crippen MR) is 111 cm³/mol. The summed E-state index contributed by atoms with van der Waals surface area (Å²) in [5.41, 5.74) is 2.42. The zero-order valence-electron chi connectivity index (χ0n) is 16.8. The van der Waals surface area contributed by atoms with Crippen molar-refractivity contribution in [3.8, 4) is 5.75 Å². The van der Waals surface area contributed by atoms with Gasteiger partial charge in [-0.1, -0.05) is 18.2 Å². The molecule has 28 heavy (non-hydrogen) atoms. The first-order chi connectivity index (χ1) is 13.6. The number of nitrogens with zero attached hydrogens (tertiary/aromatic N) is 4. The van der Waals surface area contributed by atoms with Crippen LogP contribution in [0.25, 0.3) is 0 Å². The second kappa shape index (κ2) is 8.47. The van der Waals surface area contributed by atoms with Gasteiger partial charge in [-0.3, -0.25) is 9.80 Å². The summed E-state index contributed by atoms with van der Waals surface area (Å²) in [6.07, 6.45) is 1.56. The molecule has 1 aromatic heterocycles. The maximum absolute atomic E-state index is 10.7. The summed E-state index contributed by atoms with van der Waals surface area (Å²) < 4.78 is 5.36. The second-order valence-corrected chi connectivity index (χ2v) is 7.84. The Morgan fingerprint density at radius 1 is 1.11 bits per heavy atom. The molecule has 6 heteroatoms. The standard InChI is InChI=1S/C22H30N4O2/c1-17-13-18(6-7-21(17)28-2)14-24-15-19(20(27)16-24)25-9-11-26(12-10-25)22-5-3-4-8-23-22/h3-8,13,19-20,27H,9-12,14-16H2,1-2H3/t19-,20-/m0/s1. The molecular weight excluding hydrogens is 352 g/mol. The van der Waals surface area contributed by atoms with E-state index in [0.29, 0.717) is 0 Å². The van der Waals surface area contributed by atoms with Crippen LogP contribution in [0.3, 0.4) is 0 Å². The fraction of sp³-hybridized carbons (Fsp3) is 0.500. The van der Waals surface area contributed by atoms with E-state index < -0.39 is 0 Å². The molecule has 2 fully saturated rings. The number of hydrogen-bond donors (Lipinski definition) is 1. The average molecular weight is 383 g/mol. The molecule has 150 valence electrons. The number of ether oxygens (including phenoxy) is 1. The predicted octanol–water partition coefficient (Wildman–Crippen LogP) is 1.77. The number of likely N-dealkylation sites (tertiary alicyclic amines) is 1. The summed E-state index contributed by atoms with van der Waals surface area (Å²) >= 11 is 0. The molecule has 2 saturated heterocycles. The van der Waals surface area contributed by atoms with Gasteiger partial charge in [0.05, 0.1) is 13.2 Å². The van der Waals surface area contributed by atoms with Crippen molar-refractivity contribution in [3.05, 3.63) is 53.7 Å². The summed E-state index contributed by atoms with van der Waals surface area (Å²) in [5.74, 6) is 1.97. The van der Waals surface area contributed by atoms with Gasteiger partial charge in [0.2, 0.25) is 0 Å². The molecule has 6 nitrogen and oxygen atoms in total. The minimum absolute atomic E-state index is 0.213. The topological polar surface area (TPSA) is 52.1 Å². The highest BCUT2D eigenvalue weighted by atomic mass is 16.5. The van der Waals surface area contributed by atoms with Crippen molar-refractivity contribution in [1.82, 2.24) is 14.8 Å². The molecule has 0 spiro atoms. The van der Waals surface area contributed by atoms with Gasteiger partial charge in [-0.15, -0.1) is 0 Å². The Morgan fingerprint density at radius 3 is 2.61 bits per heavy atom. The van der Waals surface area contributed by atoms with Crippen molar-refractivity contribution in [2.24, 2.45) is 0 Å². The minimum Gasteiger partial charge on any atom is -0.496 e. The maximum atomic E-state index is 10.7. The number of aliphatic hydroxyl groups is 1. The van der Waals surface area contributed by atoms with E-state index in [0.717, 1.165) is 62.9 Å². The summed E-state index contributed by atoms with van der Waals surface area (Å²) in [7, 11) is 1.71. The van der Waals surface area contributed by atoms with Crippen LogP contribution < -0.4 is 9.64 Å². The van der Waals surface area contributed by atoms with Crippen molar-refractivity contribution in [2.75, 3.05) is 51.3 Å². The lowest BCUT2D eigenvalue weighted by molar-refractivity contribution is 0.0790. The number of anilines is 1. The molecule has 3 heterocycles. The Balaban J connectivity index is 1.32. The van der Waals surface area contributed by atoms with Gasteiger partial charge in [0.1, 0.15) is 11.6 Å². The van der Waals surface area contributed by atoms with Crippen LogP contribution in [0.4, 0.5) is 5.82 Å². The van der Waals surface area contributed by atoms with Crippen LogP contribution in [0.15, 0.2) is 42.6 Å². The largest absolute Gasteiger partial charge is 0.496 e. The number of piperazine rings is 1. The van der Waals surface area contributed by atoms with Gasteiger partial charge >= 0.3 is 0 Å². The van der Waals surface area contributed by atoms with Gasteiger partial charge in [-0.2, -0.15) is 0 Å². The highest BCUT2D eigenvalue weighted by molar-refractivity contribution is 5.38. The lowest BCUT2D eigenvalue weighted by Gasteiger charge is -2.39. The molecule has 0 unspecified atom stereocenters. The van der Waals surface area contributed by atoms with Gasteiger partial charge in [0, 0.05) is 58.1 Å². The number of aromatic nitrogens is 1. The summed E-state index contributed by atoms with van der Waals surface area (Å²) in [6.45, 7) is 8.43. The lowest BCUT2D eigenvalue weighted by atomic mass is 10.1. The number of hydrogen-bond acceptors (Lipinski definition) is 6. The lowest BCUT2D eigenvalue weighted by Crippen LogP contribution is -2.53. The van der Waals surface area contributed by atoms with Crippen molar-refractivity contribution < 1.29 is 9.84 Å². The van der Waals surface area contributed by atoms with E-state index >= 15 is 0 Å². The third kappa shape index (κ3) is 4.14. The van der Waals surface area contributed by atoms with Gasteiger partial charge < -0.3 is 14.7 Å². The van der Waals surface area contributed by atoms with Crippen molar-refractivity contribution in [2.45, 2.75) is 25.6 Å². The number of aryl methyl sites for hydroxylation is 1. The Hall–Kier alpha value is -2.15. The first-order valence-electron chi connectivity index (χ1n) is 10.1. The maximum Gasteiger partial charge on any atom is 0.128 e. The number of aliphatic hydroxyl groups excluding tert-OH is 1. The van der Waals surface area contributed by atoms with Gasteiger partial charge in [0.15, 0.2) is 0 Å². The fourth-order valence-corrected chi connectivity index (χ4v) is 4.46. The Morgan fingerprint density at radius 2 is 1.93 bits per heavy atom. The molecule has 2 atom stereocenters. The Bertz CT molecular complexity index is 777. The number of methoxy groups -OCH3 is 1. The zero-order valence-corrected chi connectivity index (χ0v) is 16.8. The molecule has 2 aliphatic heterocycles. The molecule has 2 aliphatic rings. The summed E-state index contributed by atoms with van der Waals surface area (Å²) in [5, 5.41) is 10.7. The molecule has 0 radical (unpaired) electrons. The van der Waals surface area contributed by atoms with Crippen LogP contribution >= 0.6 is 0 Å². The molecule has 1 aromatic carbocycles. The molecule has 0 saturated carbocycles. The number of rotatable bonds is 5. The Labute approximate surface area is 167 Å². The molecule has 2 aromatic rings. The monoisotopic (exact) mass is 382 g/mol. The van der Waals surface area contributed by atoms with E-state index in [1.807, 2.05) is 24.4 Å². The third-order valence-corrected chi connectivity index (χ3v) is 5.96. The molecular formula is C22H30N4O2. The van der Waals surface area contributed by atoms with Crippen molar-refractivity contribution in [1.29, 1.82) is 0 Å². The molecule has 1 N–H and O–H groups in total. The minimum atomic E-state index is -0.291. The fourth-order valence-electron chi connectivity index (χ4n) is 4.46. The van der Waals surface area contributed by atoms with E-state index in [9.17, 15) is 5.11 Å². The molecule has 0 aliphatic carbocycles. The molecule has 0 bridgehead atoms. The van der Waals surface area contributed by atoms with Gasteiger partial charge in [-0.25, -0.2) is 4.98 Å². The van der Waals surface area contributed by atoms with E-state index in [-0.39, 0.29) is 12.1 Å². The van der Waals surface area contributed by atoms with Gasteiger partial charge in [0.25, 0.3) is 0 Å². The van der Waals surface area contributed by atoms with Crippen molar-refractivity contribution in [3.63, 3.8) is 0 Å². The highest BCUT2D eigenvalue weighted by Crippen LogP contribution is 2.24. The number of benzene rings is 1. The number of pyridine rings is 1. The second-order valence-electron chi connectivity index (χ2n) is 7.84. The SMILES string of the molecule is COc1ccc(CN2C[C@H](O)[C@@H](N3CCN(c4ccccn4)CC3)C2)cc1C. The zero-order chi connectivity index (χ0) is 19.5. The van der Waals surface area contributed by atoms with E-state index in [1.54, 1.807) is 7.11 Å². The molecule has 4 rings (SSSR count). The van der Waals surface area contributed by atoms with Crippen LogP contribution in [0.2, 0.25) is 0 Å². The third-order valence-electron chi connectivity index (χ3n) is 5.96. The first kappa shape index (κ1) is 19.2. The van der Waals surface area contributed by atoms with Crippen LogP contribution in [0.1, 0.15) is 11.1 Å². The van der Waals surface area contributed by atoms with Crippen LogP contribution in [0, 0.1) is 6.92 Å².